The van der Waals surface area contributed by atoms with Gasteiger partial charge in [0.15, 0.2) is 0 Å². The fourth-order valence-corrected chi connectivity index (χ4v) is 2.45. The molecule has 1 aromatic heterocycles. The van der Waals surface area contributed by atoms with Crippen molar-refractivity contribution < 1.29 is 0 Å². The number of anilines is 3. The summed E-state index contributed by atoms with van der Waals surface area (Å²) in [6.07, 6.45) is 5.41. The highest BCUT2D eigenvalue weighted by Crippen LogP contribution is 2.26. The number of aromatic nitrogens is 2. The van der Waals surface area contributed by atoms with E-state index in [1.165, 1.54) is 25.7 Å². The molecule has 17 heavy (non-hydrogen) atoms. The van der Waals surface area contributed by atoms with Crippen molar-refractivity contribution in [1.82, 2.24) is 9.97 Å². The van der Waals surface area contributed by atoms with E-state index in [0.29, 0.717) is 5.95 Å². The van der Waals surface area contributed by atoms with E-state index in [2.05, 4.69) is 27.2 Å². The maximum atomic E-state index is 5.69. The van der Waals surface area contributed by atoms with E-state index in [0.717, 1.165) is 24.1 Å². The summed E-state index contributed by atoms with van der Waals surface area (Å²) in [7, 11) is 3.90. The van der Waals surface area contributed by atoms with Gasteiger partial charge < -0.3 is 16.0 Å². The normalized spacial score (nSPS) is 16.1. The molecule has 0 spiro atoms. The van der Waals surface area contributed by atoms with Gasteiger partial charge in [-0.3, -0.25) is 0 Å². The third kappa shape index (κ3) is 2.99. The fourth-order valence-electron chi connectivity index (χ4n) is 2.45. The molecule has 1 heterocycles. The second-order valence-corrected chi connectivity index (χ2v) is 4.75. The molecule has 1 aromatic rings. The van der Waals surface area contributed by atoms with Gasteiger partial charge in [0.05, 0.1) is 0 Å². The van der Waals surface area contributed by atoms with Crippen molar-refractivity contribution in [3.63, 3.8) is 0 Å². The molecule has 0 bridgehead atoms. The van der Waals surface area contributed by atoms with E-state index < -0.39 is 0 Å². The first-order valence-corrected chi connectivity index (χ1v) is 6.22. The standard InChI is InChI=1S/C12H21N5/c1-14-10-7-11(16-12(13)15-10)17(2)8-9-5-3-4-6-9/h7,9H,3-6,8H2,1-2H3,(H3,13,14,15,16). The topological polar surface area (TPSA) is 67.1 Å². The van der Waals surface area contributed by atoms with Gasteiger partial charge in [0.2, 0.25) is 5.95 Å². The van der Waals surface area contributed by atoms with Gasteiger partial charge in [-0.1, -0.05) is 12.8 Å². The predicted octanol–water partition coefficient (Wildman–Crippen LogP) is 1.73. The SMILES string of the molecule is CNc1cc(N(C)CC2CCCC2)nc(N)n1. The maximum Gasteiger partial charge on any atom is 0.223 e. The average molecular weight is 235 g/mol. The third-order valence-corrected chi connectivity index (χ3v) is 3.38. The van der Waals surface area contributed by atoms with Crippen molar-refractivity contribution in [3.8, 4) is 0 Å². The minimum absolute atomic E-state index is 0.324. The van der Waals surface area contributed by atoms with E-state index in [1.807, 2.05) is 13.1 Å². The fraction of sp³-hybridized carbons (Fsp3) is 0.667. The van der Waals surface area contributed by atoms with Crippen LogP contribution in [0.5, 0.6) is 0 Å². The summed E-state index contributed by atoms with van der Waals surface area (Å²) in [4.78, 5) is 10.5. The lowest BCUT2D eigenvalue weighted by molar-refractivity contribution is 0.545. The molecule has 5 nitrogen and oxygen atoms in total. The number of hydrogen-bond acceptors (Lipinski definition) is 5. The molecule has 0 radical (unpaired) electrons. The summed E-state index contributed by atoms with van der Waals surface area (Å²) in [6, 6.07) is 1.94. The Morgan fingerprint density at radius 2 is 2.12 bits per heavy atom. The van der Waals surface area contributed by atoms with Gasteiger partial charge in [0, 0.05) is 26.7 Å². The molecule has 1 fully saturated rings. The van der Waals surface area contributed by atoms with E-state index in [4.69, 9.17) is 5.73 Å². The van der Waals surface area contributed by atoms with Crippen LogP contribution < -0.4 is 16.0 Å². The monoisotopic (exact) mass is 235 g/mol. The molecule has 0 aromatic carbocycles. The zero-order valence-corrected chi connectivity index (χ0v) is 10.6. The Kier molecular flexibility index (Phi) is 3.66. The quantitative estimate of drug-likeness (QED) is 0.832. The molecule has 5 heteroatoms. The highest BCUT2D eigenvalue weighted by atomic mass is 15.2. The minimum Gasteiger partial charge on any atom is -0.373 e. The van der Waals surface area contributed by atoms with Crippen LogP contribution in [0, 0.1) is 5.92 Å². The first-order chi connectivity index (χ1) is 8.19. The molecule has 0 atom stereocenters. The van der Waals surface area contributed by atoms with Gasteiger partial charge in [-0.25, -0.2) is 0 Å². The largest absolute Gasteiger partial charge is 0.373 e. The molecule has 2 rings (SSSR count). The summed E-state index contributed by atoms with van der Waals surface area (Å²) < 4.78 is 0. The van der Waals surface area contributed by atoms with Crippen molar-refractivity contribution in [2.24, 2.45) is 5.92 Å². The van der Waals surface area contributed by atoms with Crippen LogP contribution in [-0.2, 0) is 0 Å². The lowest BCUT2D eigenvalue weighted by Crippen LogP contribution is -2.25. The van der Waals surface area contributed by atoms with Crippen LogP contribution >= 0.6 is 0 Å². The van der Waals surface area contributed by atoms with Gasteiger partial charge in [-0.2, -0.15) is 9.97 Å². The number of nitrogen functional groups attached to an aromatic ring is 1. The highest BCUT2D eigenvalue weighted by molar-refractivity contribution is 5.51. The second-order valence-electron chi connectivity index (χ2n) is 4.75. The van der Waals surface area contributed by atoms with Crippen LogP contribution in [0.15, 0.2) is 6.07 Å². The molecule has 0 unspecified atom stereocenters. The Morgan fingerprint density at radius 1 is 1.41 bits per heavy atom. The molecule has 1 aliphatic rings. The number of nitrogens with two attached hydrogens (primary N) is 1. The van der Waals surface area contributed by atoms with Crippen molar-refractivity contribution >= 4 is 17.6 Å². The van der Waals surface area contributed by atoms with E-state index in [-0.39, 0.29) is 0 Å². The zero-order chi connectivity index (χ0) is 12.3. The molecule has 94 valence electrons. The van der Waals surface area contributed by atoms with Gasteiger partial charge in [-0.05, 0) is 18.8 Å². The molecule has 0 amide bonds. The first kappa shape index (κ1) is 12.0. The van der Waals surface area contributed by atoms with Gasteiger partial charge >= 0.3 is 0 Å². The van der Waals surface area contributed by atoms with Crippen molar-refractivity contribution in [2.75, 3.05) is 36.6 Å². The second kappa shape index (κ2) is 5.21. The highest BCUT2D eigenvalue weighted by Gasteiger charge is 2.18. The molecule has 3 N–H and O–H groups in total. The lowest BCUT2D eigenvalue weighted by atomic mass is 10.1. The third-order valence-electron chi connectivity index (χ3n) is 3.38. The summed E-state index contributed by atoms with van der Waals surface area (Å²) in [5, 5.41) is 3.00. The van der Waals surface area contributed by atoms with Crippen LogP contribution in [0.3, 0.4) is 0 Å². The average Bonchev–Trinajstić information content (AvgIpc) is 2.81. The van der Waals surface area contributed by atoms with Crippen molar-refractivity contribution in [1.29, 1.82) is 0 Å². The zero-order valence-electron chi connectivity index (χ0n) is 10.6. The number of nitrogens with zero attached hydrogens (tertiary/aromatic N) is 3. The minimum atomic E-state index is 0.324. The van der Waals surface area contributed by atoms with Crippen LogP contribution in [0.2, 0.25) is 0 Å². The summed E-state index contributed by atoms with van der Waals surface area (Å²) in [6.45, 7) is 1.06. The molecular formula is C12H21N5. The van der Waals surface area contributed by atoms with Crippen molar-refractivity contribution in [3.05, 3.63) is 6.07 Å². The van der Waals surface area contributed by atoms with Gasteiger partial charge in [-0.15, -0.1) is 0 Å². The number of rotatable bonds is 4. The van der Waals surface area contributed by atoms with E-state index in [9.17, 15) is 0 Å². The van der Waals surface area contributed by atoms with Gasteiger partial charge in [0.1, 0.15) is 11.6 Å². The Labute approximate surface area is 102 Å². The summed E-state index contributed by atoms with van der Waals surface area (Å²) in [5.41, 5.74) is 5.69. The Balaban J connectivity index is 2.06. The summed E-state index contributed by atoms with van der Waals surface area (Å²) in [5.74, 6) is 2.79. The van der Waals surface area contributed by atoms with E-state index >= 15 is 0 Å². The first-order valence-electron chi connectivity index (χ1n) is 6.22. The number of nitrogens with one attached hydrogen (secondary N) is 1. The van der Waals surface area contributed by atoms with Crippen molar-refractivity contribution in [2.45, 2.75) is 25.7 Å². The smallest absolute Gasteiger partial charge is 0.223 e. The Morgan fingerprint density at radius 3 is 2.76 bits per heavy atom. The molecular weight excluding hydrogens is 214 g/mol. The molecule has 0 saturated heterocycles. The summed E-state index contributed by atoms with van der Waals surface area (Å²) >= 11 is 0. The van der Waals surface area contributed by atoms with Crippen LogP contribution in [0.25, 0.3) is 0 Å². The Bertz CT molecular complexity index is 373. The lowest BCUT2D eigenvalue weighted by Gasteiger charge is -2.22. The predicted molar refractivity (Wildman–Crippen MR) is 71.2 cm³/mol. The Hall–Kier alpha value is -1.52. The maximum absolute atomic E-state index is 5.69. The molecule has 1 saturated carbocycles. The van der Waals surface area contributed by atoms with Gasteiger partial charge in [0.25, 0.3) is 0 Å². The van der Waals surface area contributed by atoms with Crippen LogP contribution in [0.1, 0.15) is 25.7 Å². The van der Waals surface area contributed by atoms with Crippen LogP contribution in [0.4, 0.5) is 17.6 Å². The van der Waals surface area contributed by atoms with E-state index in [1.54, 1.807) is 0 Å². The van der Waals surface area contributed by atoms with Crippen LogP contribution in [-0.4, -0.2) is 30.6 Å². The molecule has 0 aliphatic heterocycles. The molecule has 1 aliphatic carbocycles. The number of hydrogen-bond donors (Lipinski definition) is 2.